The van der Waals surface area contributed by atoms with Crippen LogP contribution in [-0.4, -0.2) is 11.1 Å². The standard InChI is InChI=1S/C29H23F2N3O2/c30-21-9-10-22(20(14-21)15-32)27(18-2-1-3-18)28(19-7-4-17(5-8-19)6-13-26(35)36)23-11-12-25-24(29(23)31)16-33-34-25/h4-14,18,33-34H,1-3,16H2,(H,35,36)/b13-6+,28-27+. The zero-order valence-corrected chi connectivity index (χ0v) is 19.3. The lowest BCUT2D eigenvalue weighted by Crippen LogP contribution is -2.16. The summed E-state index contributed by atoms with van der Waals surface area (Å²) in [6.07, 6.45) is 5.34. The van der Waals surface area contributed by atoms with E-state index in [2.05, 4.69) is 16.9 Å². The van der Waals surface area contributed by atoms with Crippen molar-refractivity contribution >= 4 is 28.9 Å². The third-order valence-corrected chi connectivity index (χ3v) is 6.79. The molecule has 1 saturated carbocycles. The first-order valence-corrected chi connectivity index (χ1v) is 11.7. The second kappa shape index (κ2) is 9.76. The fraction of sp³-hybridized carbons (Fsp3) is 0.172. The van der Waals surface area contributed by atoms with Gasteiger partial charge < -0.3 is 10.5 Å². The predicted octanol–water partition coefficient (Wildman–Crippen LogP) is 6.12. The van der Waals surface area contributed by atoms with E-state index in [-0.39, 0.29) is 17.3 Å². The number of allylic oxidation sites excluding steroid dienone is 1. The zero-order valence-electron chi connectivity index (χ0n) is 19.3. The molecular weight excluding hydrogens is 460 g/mol. The molecule has 3 aromatic carbocycles. The highest BCUT2D eigenvalue weighted by Gasteiger charge is 2.31. The minimum Gasteiger partial charge on any atom is -0.478 e. The van der Waals surface area contributed by atoms with Crippen LogP contribution in [0.3, 0.4) is 0 Å². The molecule has 0 unspecified atom stereocenters. The monoisotopic (exact) mass is 483 g/mol. The number of hydrazine groups is 1. The molecule has 0 aromatic heterocycles. The van der Waals surface area contributed by atoms with Gasteiger partial charge >= 0.3 is 5.97 Å². The Morgan fingerprint density at radius 2 is 1.81 bits per heavy atom. The normalized spacial score (nSPS) is 15.6. The van der Waals surface area contributed by atoms with Gasteiger partial charge in [0.1, 0.15) is 11.6 Å². The highest BCUT2D eigenvalue weighted by atomic mass is 19.1. The van der Waals surface area contributed by atoms with Crippen molar-refractivity contribution in [3.63, 3.8) is 0 Å². The van der Waals surface area contributed by atoms with Crippen molar-refractivity contribution in [1.82, 2.24) is 5.43 Å². The molecule has 1 fully saturated rings. The minimum absolute atomic E-state index is 0.0908. The topological polar surface area (TPSA) is 85.2 Å². The lowest BCUT2D eigenvalue weighted by atomic mass is 9.72. The molecule has 180 valence electrons. The van der Waals surface area contributed by atoms with Crippen molar-refractivity contribution in [2.75, 3.05) is 5.43 Å². The van der Waals surface area contributed by atoms with E-state index in [9.17, 15) is 14.4 Å². The van der Waals surface area contributed by atoms with Gasteiger partial charge in [-0.2, -0.15) is 5.26 Å². The molecule has 0 atom stereocenters. The van der Waals surface area contributed by atoms with Crippen LogP contribution in [0.1, 0.15) is 52.6 Å². The summed E-state index contributed by atoms with van der Waals surface area (Å²) in [6.45, 7) is 0.333. The Labute approximate surface area is 207 Å². The molecule has 0 saturated heterocycles. The van der Waals surface area contributed by atoms with E-state index in [4.69, 9.17) is 5.11 Å². The molecule has 2 aliphatic rings. The Morgan fingerprint density at radius 3 is 2.47 bits per heavy atom. The van der Waals surface area contributed by atoms with Gasteiger partial charge in [-0.3, -0.25) is 0 Å². The number of nitrogens with one attached hydrogen (secondary N) is 2. The van der Waals surface area contributed by atoms with Crippen molar-refractivity contribution in [2.45, 2.75) is 25.8 Å². The fourth-order valence-corrected chi connectivity index (χ4v) is 4.82. The summed E-state index contributed by atoms with van der Waals surface area (Å²) in [4.78, 5) is 10.9. The number of hydrogen-bond donors (Lipinski definition) is 3. The summed E-state index contributed by atoms with van der Waals surface area (Å²) < 4.78 is 30.0. The van der Waals surface area contributed by atoms with E-state index in [1.165, 1.54) is 18.2 Å². The van der Waals surface area contributed by atoms with Crippen molar-refractivity contribution in [3.8, 4) is 6.07 Å². The van der Waals surface area contributed by atoms with Crippen molar-refractivity contribution in [3.05, 3.63) is 106 Å². The van der Waals surface area contributed by atoms with Gasteiger partial charge in [0.2, 0.25) is 0 Å². The van der Waals surface area contributed by atoms with Crippen LogP contribution in [0.4, 0.5) is 14.5 Å². The number of nitrogens with zero attached hydrogens (tertiary/aromatic N) is 1. The maximum absolute atomic E-state index is 16.0. The number of aliphatic carboxylic acids is 1. The quantitative estimate of drug-likeness (QED) is 0.290. The third-order valence-electron chi connectivity index (χ3n) is 6.79. The SMILES string of the molecule is N#Cc1cc(F)ccc1/C(=C(\c1ccc(/C=C/C(=O)O)cc1)c1ccc2c(c1F)CNN2)C1CCC1. The van der Waals surface area contributed by atoms with Crippen molar-refractivity contribution in [2.24, 2.45) is 5.92 Å². The van der Waals surface area contributed by atoms with Gasteiger partial charge in [0, 0.05) is 23.7 Å². The molecule has 1 aliphatic heterocycles. The van der Waals surface area contributed by atoms with Gasteiger partial charge in [-0.1, -0.05) is 36.8 Å². The highest BCUT2D eigenvalue weighted by molar-refractivity contribution is 6.01. The van der Waals surface area contributed by atoms with Crippen LogP contribution in [0.2, 0.25) is 0 Å². The summed E-state index contributed by atoms with van der Waals surface area (Å²) in [5, 5.41) is 18.8. The molecule has 0 amide bonds. The second-order valence-electron chi connectivity index (χ2n) is 8.94. The molecule has 5 nitrogen and oxygen atoms in total. The number of benzene rings is 3. The Morgan fingerprint density at radius 1 is 1.06 bits per heavy atom. The van der Waals surface area contributed by atoms with Gasteiger partial charge in [-0.25, -0.2) is 19.0 Å². The molecule has 0 spiro atoms. The van der Waals surface area contributed by atoms with E-state index >= 15 is 4.39 Å². The lowest BCUT2D eigenvalue weighted by Gasteiger charge is -2.32. The largest absolute Gasteiger partial charge is 0.478 e. The Kier molecular flexibility index (Phi) is 6.36. The summed E-state index contributed by atoms with van der Waals surface area (Å²) in [6, 6.07) is 17.0. The number of halogens is 2. The van der Waals surface area contributed by atoms with Gasteiger partial charge in [0.25, 0.3) is 0 Å². The third kappa shape index (κ3) is 4.39. The predicted molar refractivity (Wildman–Crippen MR) is 134 cm³/mol. The Hall–Kier alpha value is -4.28. The fourth-order valence-electron chi connectivity index (χ4n) is 4.82. The van der Waals surface area contributed by atoms with Crippen LogP contribution in [0.15, 0.2) is 60.7 Å². The van der Waals surface area contributed by atoms with Gasteiger partial charge in [0.15, 0.2) is 0 Å². The average Bonchev–Trinajstić information content (AvgIpc) is 3.33. The molecule has 0 bridgehead atoms. The zero-order chi connectivity index (χ0) is 25.2. The number of carboxylic acids is 1. The van der Waals surface area contributed by atoms with Crippen LogP contribution in [-0.2, 0) is 11.3 Å². The van der Waals surface area contributed by atoms with Crippen LogP contribution in [0.5, 0.6) is 0 Å². The van der Waals surface area contributed by atoms with Gasteiger partial charge in [-0.15, -0.1) is 0 Å². The first-order valence-electron chi connectivity index (χ1n) is 11.7. The molecule has 1 heterocycles. The van der Waals surface area contributed by atoms with E-state index in [1.54, 1.807) is 24.3 Å². The maximum Gasteiger partial charge on any atom is 0.328 e. The number of carbonyl (C=O) groups is 1. The van der Waals surface area contributed by atoms with Crippen LogP contribution in [0.25, 0.3) is 17.2 Å². The summed E-state index contributed by atoms with van der Waals surface area (Å²) in [5.74, 6) is -1.81. The van der Waals surface area contributed by atoms with Crippen molar-refractivity contribution in [1.29, 1.82) is 5.26 Å². The highest BCUT2D eigenvalue weighted by Crippen LogP contribution is 2.47. The van der Waals surface area contributed by atoms with Gasteiger partial charge in [0.05, 0.1) is 17.3 Å². The van der Waals surface area contributed by atoms with E-state index in [1.807, 2.05) is 18.2 Å². The van der Waals surface area contributed by atoms with Crippen LogP contribution in [0, 0.1) is 28.9 Å². The number of anilines is 1. The molecule has 1 aliphatic carbocycles. The molecular formula is C29H23F2N3O2. The van der Waals surface area contributed by atoms with E-state index in [0.29, 0.717) is 40.1 Å². The van der Waals surface area contributed by atoms with E-state index in [0.717, 1.165) is 36.5 Å². The smallest absolute Gasteiger partial charge is 0.328 e. The summed E-state index contributed by atoms with van der Waals surface area (Å²) in [5.41, 5.74) is 11.2. The first-order chi connectivity index (χ1) is 17.5. The number of carboxylic acid groups (broad SMARTS) is 1. The average molecular weight is 484 g/mol. The summed E-state index contributed by atoms with van der Waals surface area (Å²) >= 11 is 0. The molecule has 3 N–H and O–H groups in total. The minimum atomic E-state index is -1.05. The summed E-state index contributed by atoms with van der Waals surface area (Å²) in [7, 11) is 0. The number of nitriles is 1. The van der Waals surface area contributed by atoms with Crippen molar-refractivity contribution < 1.29 is 18.7 Å². The maximum atomic E-state index is 16.0. The number of hydrogen-bond acceptors (Lipinski definition) is 4. The molecule has 5 rings (SSSR count). The van der Waals surface area contributed by atoms with E-state index < -0.39 is 11.8 Å². The van der Waals surface area contributed by atoms with Gasteiger partial charge in [-0.05, 0) is 76.9 Å². The Balaban J connectivity index is 1.79. The van der Waals surface area contributed by atoms with Crippen LogP contribution >= 0.6 is 0 Å². The number of rotatable bonds is 6. The number of fused-ring (bicyclic) bond motifs is 1. The lowest BCUT2D eigenvalue weighted by molar-refractivity contribution is -0.131. The second-order valence-corrected chi connectivity index (χ2v) is 8.94. The molecule has 0 radical (unpaired) electrons. The van der Waals surface area contributed by atoms with Crippen LogP contribution < -0.4 is 10.9 Å². The molecule has 3 aromatic rings. The first kappa shape index (κ1) is 23.5. The molecule has 7 heteroatoms. The Bertz CT molecular complexity index is 1450. The molecule has 36 heavy (non-hydrogen) atoms.